The van der Waals surface area contributed by atoms with Crippen LogP contribution in [0.5, 0.6) is 0 Å². The Morgan fingerprint density at radius 2 is 0.776 bits per heavy atom. The van der Waals surface area contributed by atoms with Crippen molar-refractivity contribution in [1.82, 2.24) is 0 Å². The monoisotopic (exact) mass is 735 g/mol. The summed E-state index contributed by atoms with van der Waals surface area (Å²) in [5, 5.41) is 18.0. The molecule has 0 aliphatic heterocycles. The average Bonchev–Trinajstić information content (AvgIpc) is 3.29. The summed E-state index contributed by atoms with van der Waals surface area (Å²) in [7, 11) is 0. The molecule has 0 spiro atoms. The van der Waals surface area contributed by atoms with Crippen LogP contribution in [0.15, 0.2) is 212 Å². The first-order valence-electron chi connectivity index (χ1n) is 20.2. The van der Waals surface area contributed by atoms with Crippen LogP contribution in [0.4, 0.5) is 11.4 Å². The van der Waals surface area contributed by atoms with Crippen LogP contribution in [-0.4, -0.2) is 0 Å². The van der Waals surface area contributed by atoms with Gasteiger partial charge in [0, 0.05) is 28.7 Å². The first-order valence-corrected chi connectivity index (χ1v) is 20.2. The van der Waals surface area contributed by atoms with Crippen molar-refractivity contribution in [2.75, 3.05) is 4.90 Å². The number of nitrogens with zero attached hydrogens (tertiary/aromatic N) is 1. The Kier molecular flexibility index (Phi) is 7.36. The number of hydrogen-bond donors (Lipinski definition) is 0. The van der Waals surface area contributed by atoms with E-state index in [0.29, 0.717) is 6.54 Å². The molecule has 0 unspecified atom stereocenters. The molecule has 270 valence electrons. The van der Waals surface area contributed by atoms with Crippen molar-refractivity contribution in [3.8, 4) is 22.3 Å². The third-order valence-corrected chi connectivity index (χ3v) is 12.4. The highest BCUT2D eigenvalue weighted by Crippen LogP contribution is 2.47. The predicted octanol–water partition coefficient (Wildman–Crippen LogP) is 15.9. The van der Waals surface area contributed by atoms with Crippen LogP contribution in [0.2, 0.25) is 0 Å². The summed E-state index contributed by atoms with van der Waals surface area (Å²) in [5.41, 5.74) is 8.56. The van der Waals surface area contributed by atoms with Crippen molar-refractivity contribution >= 4 is 86.8 Å². The van der Waals surface area contributed by atoms with E-state index in [-0.39, 0.29) is 0 Å². The quantitative estimate of drug-likeness (QED) is 0.154. The second-order valence-corrected chi connectivity index (χ2v) is 15.6. The first kappa shape index (κ1) is 32.7. The largest absolute Gasteiger partial charge is 0.336 e. The molecule has 58 heavy (non-hydrogen) atoms. The van der Waals surface area contributed by atoms with Crippen molar-refractivity contribution < 1.29 is 0 Å². The third kappa shape index (κ3) is 5.03. The number of rotatable bonds is 6. The summed E-state index contributed by atoms with van der Waals surface area (Å²) < 4.78 is 0. The molecule has 1 nitrogen and oxygen atoms in total. The van der Waals surface area contributed by atoms with E-state index >= 15 is 0 Å². The highest BCUT2D eigenvalue weighted by atomic mass is 15.1. The van der Waals surface area contributed by atoms with Gasteiger partial charge in [0.2, 0.25) is 0 Å². The third-order valence-electron chi connectivity index (χ3n) is 12.4. The van der Waals surface area contributed by atoms with E-state index in [4.69, 9.17) is 0 Å². The average molecular weight is 736 g/mol. The minimum Gasteiger partial charge on any atom is -0.336 e. The Balaban J connectivity index is 1.16. The number of hydrogen-bond acceptors (Lipinski definition) is 1. The van der Waals surface area contributed by atoms with Gasteiger partial charge in [-0.1, -0.05) is 194 Å². The van der Waals surface area contributed by atoms with Crippen LogP contribution in [0.25, 0.3) is 97.7 Å². The molecule has 12 rings (SSSR count). The fourth-order valence-corrected chi connectivity index (χ4v) is 9.85. The zero-order valence-electron chi connectivity index (χ0n) is 31.9. The van der Waals surface area contributed by atoms with E-state index in [9.17, 15) is 0 Å². The molecule has 0 bridgehead atoms. The lowest BCUT2D eigenvalue weighted by Crippen LogP contribution is -2.17. The Morgan fingerprint density at radius 3 is 1.52 bits per heavy atom. The van der Waals surface area contributed by atoms with Gasteiger partial charge in [-0.2, -0.15) is 0 Å². The zero-order chi connectivity index (χ0) is 38.2. The van der Waals surface area contributed by atoms with Crippen LogP contribution >= 0.6 is 0 Å². The Morgan fingerprint density at radius 1 is 0.293 bits per heavy atom. The maximum Gasteiger partial charge on any atom is 0.0500 e. The first-order chi connectivity index (χ1) is 28.8. The molecule has 0 aliphatic carbocycles. The molecular formula is C57H37N. The molecule has 0 amide bonds. The van der Waals surface area contributed by atoms with E-state index in [2.05, 4.69) is 217 Å². The number of anilines is 2. The molecule has 1 heteroatoms. The topological polar surface area (TPSA) is 3.24 Å². The Hall–Kier alpha value is -7.48. The molecule has 0 aromatic heterocycles. The fourth-order valence-electron chi connectivity index (χ4n) is 9.85. The van der Waals surface area contributed by atoms with Crippen LogP contribution in [0, 0.1) is 0 Å². The van der Waals surface area contributed by atoms with E-state index in [1.54, 1.807) is 0 Å². The highest BCUT2D eigenvalue weighted by molar-refractivity contribution is 6.38. The van der Waals surface area contributed by atoms with E-state index in [1.165, 1.54) is 109 Å². The molecule has 0 heterocycles. The van der Waals surface area contributed by atoms with Crippen molar-refractivity contribution in [2.24, 2.45) is 0 Å². The molecule has 0 aliphatic rings. The lowest BCUT2D eigenvalue weighted by atomic mass is 9.87. The molecular weight excluding hydrogens is 699 g/mol. The lowest BCUT2D eigenvalue weighted by molar-refractivity contribution is 0.983. The van der Waals surface area contributed by atoms with Gasteiger partial charge in [-0.25, -0.2) is 0 Å². The number of benzene rings is 11. The molecule has 0 radical (unpaired) electrons. The summed E-state index contributed by atoms with van der Waals surface area (Å²) >= 11 is 0. The van der Waals surface area contributed by atoms with Gasteiger partial charge in [-0.3, -0.25) is 0 Å². The number of fused-ring (bicyclic) bond motifs is 3. The summed E-state index contributed by atoms with van der Waals surface area (Å²) in [6.07, 6.45) is 0. The van der Waals surface area contributed by atoms with Gasteiger partial charge < -0.3 is 4.90 Å². The van der Waals surface area contributed by atoms with Crippen LogP contribution in [-0.2, 0) is 6.54 Å². The van der Waals surface area contributed by atoms with Crippen molar-refractivity contribution in [3.05, 3.63) is 218 Å². The van der Waals surface area contributed by atoms with Crippen LogP contribution in [0.1, 0.15) is 5.56 Å². The van der Waals surface area contributed by atoms with Gasteiger partial charge in [0.15, 0.2) is 0 Å². The second-order valence-electron chi connectivity index (χ2n) is 15.6. The van der Waals surface area contributed by atoms with Gasteiger partial charge in [0.25, 0.3) is 0 Å². The van der Waals surface area contributed by atoms with Gasteiger partial charge >= 0.3 is 0 Å². The maximum absolute atomic E-state index is 2.55. The summed E-state index contributed by atoms with van der Waals surface area (Å²) in [6, 6.07) is 78.7. The normalized spacial score (nSPS) is 11.9. The summed E-state index contributed by atoms with van der Waals surface area (Å²) in [5.74, 6) is 0. The SMILES string of the molecule is c1ccc(-c2ccccc2CN(c2ccc(-c3cccc4ccccc34)cc2)c2cc3cccc4c5cccc6ccc7cccc(c8cccc2c8c34)c7c65)cc1. The van der Waals surface area contributed by atoms with E-state index in [0.717, 1.165) is 5.69 Å². The Labute approximate surface area is 337 Å². The second kappa shape index (κ2) is 13.0. The lowest BCUT2D eigenvalue weighted by Gasteiger charge is -2.29. The fraction of sp³-hybridized carbons (Fsp3) is 0.0175. The summed E-state index contributed by atoms with van der Waals surface area (Å²) in [6.45, 7) is 0.695. The molecule has 0 saturated carbocycles. The minimum absolute atomic E-state index is 0.695. The van der Waals surface area contributed by atoms with Crippen molar-refractivity contribution in [2.45, 2.75) is 6.54 Å². The predicted molar refractivity (Wildman–Crippen MR) is 250 cm³/mol. The highest BCUT2D eigenvalue weighted by Gasteiger charge is 2.21. The summed E-state index contributed by atoms with van der Waals surface area (Å²) in [4.78, 5) is 2.55. The molecule has 0 saturated heterocycles. The van der Waals surface area contributed by atoms with Crippen LogP contribution in [0.3, 0.4) is 0 Å². The minimum atomic E-state index is 0.695. The van der Waals surface area contributed by atoms with Crippen molar-refractivity contribution in [3.63, 3.8) is 0 Å². The molecule has 0 atom stereocenters. The Bertz CT molecular complexity index is 3520. The van der Waals surface area contributed by atoms with E-state index < -0.39 is 0 Å². The zero-order valence-corrected chi connectivity index (χ0v) is 31.9. The van der Waals surface area contributed by atoms with Gasteiger partial charge in [0.05, 0.1) is 0 Å². The molecule has 0 fully saturated rings. The van der Waals surface area contributed by atoms with Gasteiger partial charge in [-0.15, -0.1) is 0 Å². The molecule has 12 aromatic rings. The van der Waals surface area contributed by atoms with E-state index in [1.807, 2.05) is 0 Å². The van der Waals surface area contributed by atoms with Crippen molar-refractivity contribution in [1.29, 1.82) is 0 Å². The standard InChI is InChI=1S/C57H37N/c1-2-13-37(14-3-1)45-21-6-5-16-43(45)36-58(44-33-31-39(32-34-44)47-23-8-17-38-15-4-7-22-46(38)47)53-35-42-20-11-26-49-48-24-9-18-40-29-30-41-19-10-25-50(55(41)54(40)48)51-27-12-28-52(53)57(51)56(42)49/h1-35H,36H2. The smallest absolute Gasteiger partial charge is 0.0500 e. The van der Waals surface area contributed by atoms with Gasteiger partial charge in [-0.05, 0) is 111 Å². The van der Waals surface area contributed by atoms with Crippen LogP contribution < -0.4 is 4.90 Å². The van der Waals surface area contributed by atoms with Gasteiger partial charge in [0.1, 0.15) is 0 Å². The molecule has 12 aromatic carbocycles. The molecule has 0 N–H and O–H groups in total. The maximum atomic E-state index is 2.55.